The van der Waals surface area contributed by atoms with Crippen molar-refractivity contribution in [3.63, 3.8) is 0 Å². The molecule has 0 bridgehead atoms. The predicted molar refractivity (Wildman–Crippen MR) is 77.3 cm³/mol. The number of hydrogen-bond acceptors (Lipinski definition) is 2. The van der Waals surface area contributed by atoms with Crippen LogP contribution in [0.5, 0.6) is 5.75 Å². The van der Waals surface area contributed by atoms with E-state index in [2.05, 4.69) is 22.9 Å². The van der Waals surface area contributed by atoms with Gasteiger partial charge in [0.1, 0.15) is 5.75 Å². The van der Waals surface area contributed by atoms with E-state index in [4.69, 9.17) is 4.74 Å². The van der Waals surface area contributed by atoms with E-state index in [0.717, 1.165) is 29.5 Å². The number of ether oxygens (including phenoxy) is 1. The number of aliphatic carboxylic acids is 1. The Morgan fingerprint density at radius 1 is 1.58 bits per heavy atom. The Hall–Kier alpha value is -1.03. The summed E-state index contributed by atoms with van der Waals surface area (Å²) in [5.41, 5.74) is -0.578. The van der Waals surface area contributed by atoms with Crippen LogP contribution in [0.1, 0.15) is 32.6 Å². The third-order valence-electron chi connectivity index (χ3n) is 3.95. The molecule has 1 fully saturated rings. The van der Waals surface area contributed by atoms with Crippen molar-refractivity contribution in [3.05, 3.63) is 28.7 Å². The van der Waals surface area contributed by atoms with Crippen molar-refractivity contribution in [2.24, 2.45) is 11.3 Å². The van der Waals surface area contributed by atoms with Gasteiger partial charge in [0, 0.05) is 4.47 Å². The number of rotatable bonds is 5. The average molecular weight is 327 g/mol. The molecule has 0 saturated heterocycles. The summed E-state index contributed by atoms with van der Waals surface area (Å²) >= 11 is 3.39. The van der Waals surface area contributed by atoms with Gasteiger partial charge < -0.3 is 9.84 Å². The molecule has 0 aromatic heterocycles. The van der Waals surface area contributed by atoms with Gasteiger partial charge in [-0.15, -0.1) is 0 Å². The molecular formula is C15H19BrO3. The van der Waals surface area contributed by atoms with Gasteiger partial charge in [0.15, 0.2) is 0 Å². The number of benzene rings is 1. The highest BCUT2D eigenvalue weighted by Crippen LogP contribution is 2.44. The summed E-state index contributed by atoms with van der Waals surface area (Å²) in [7, 11) is 0. The number of carboxylic acid groups (broad SMARTS) is 1. The lowest BCUT2D eigenvalue weighted by atomic mass is 9.82. The maximum atomic E-state index is 11.5. The molecule has 1 aliphatic rings. The highest BCUT2D eigenvalue weighted by molar-refractivity contribution is 9.10. The number of halogens is 1. The fourth-order valence-electron chi connectivity index (χ4n) is 2.84. The lowest BCUT2D eigenvalue weighted by Crippen LogP contribution is -2.30. The van der Waals surface area contributed by atoms with Crippen LogP contribution >= 0.6 is 15.9 Å². The van der Waals surface area contributed by atoms with E-state index in [1.54, 1.807) is 0 Å². The third-order valence-corrected chi connectivity index (χ3v) is 4.45. The molecule has 0 radical (unpaired) electrons. The molecule has 1 aromatic carbocycles. The Kier molecular flexibility index (Phi) is 4.50. The second-order valence-corrected chi connectivity index (χ2v) is 6.40. The van der Waals surface area contributed by atoms with Gasteiger partial charge in [0.25, 0.3) is 0 Å². The molecule has 1 aliphatic carbocycles. The highest BCUT2D eigenvalue weighted by Gasteiger charge is 2.43. The van der Waals surface area contributed by atoms with Crippen LogP contribution in [0.3, 0.4) is 0 Å². The van der Waals surface area contributed by atoms with Crippen molar-refractivity contribution in [2.45, 2.75) is 32.6 Å². The molecule has 2 unspecified atom stereocenters. The number of carbonyl (C=O) groups is 1. The molecule has 0 amide bonds. The summed E-state index contributed by atoms with van der Waals surface area (Å²) < 4.78 is 6.63. The zero-order valence-corrected chi connectivity index (χ0v) is 12.6. The largest absolute Gasteiger partial charge is 0.494 e. The first kappa shape index (κ1) is 14.4. The smallest absolute Gasteiger partial charge is 0.309 e. The minimum absolute atomic E-state index is 0.454. The predicted octanol–water partition coefficient (Wildman–Crippen LogP) is 4.11. The standard InChI is InChI=1S/C15H19BrO3/c1-11-5-6-15(10-11,14(17)18)7-8-19-13-4-2-3-12(16)9-13/h2-4,9,11H,5-8,10H2,1H3,(H,17,18). The summed E-state index contributed by atoms with van der Waals surface area (Å²) in [6.45, 7) is 2.58. The van der Waals surface area contributed by atoms with Gasteiger partial charge in [-0.1, -0.05) is 28.9 Å². The van der Waals surface area contributed by atoms with Gasteiger partial charge in [-0.3, -0.25) is 4.79 Å². The van der Waals surface area contributed by atoms with E-state index in [0.29, 0.717) is 18.9 Å². The van der Waals surface area contributed by atoms with E-state index in [-0.39, 0.29) is 0 Å². The van der Waals surface area contributed by atoms with Crippen molar-refractivity contribution in [3.8, 4) is 5.75 Å². The van der Waals surface area contributed by atoms with E-state index in [9.17, 15) is 9.90 Å². The topological polar surface area (TPSA) is 46.5 Å². The summed E-state index contributed by atoms with van der Waals surface area (Å²) in [4.78, 5) is 11.5. The van der Waals surface area contributed by atoms with E-state index in [1.165, 1.54) is 0 Å². The first-order chi connectivity index (χ1) is 9.02. The van der Waals surface area contributed by atoms with Crippen molar-refractivity contribution < 1.29 is 14.6 Å². The van der Waals surface area contributed by atoms with Gasteiger partial charge in [-0.2, -0.15) is 0 Å². The molecule has 2 atom stereocenters. The van der Waals surface area contributed by atoms with Crippen molar-refractivity contribution in [1.82, 2.24) is 0 Å². The Bertz CT molecular complexity index is 460. The third kappa shape index (κ3) is 3.50. The first-order valence-corrected chi connectivity index (χ1v) is 7.43. The van der Waals surface area contributed by atoms with Gasteiger partial charge in [-0.25, -0.2) is 0 Å². The lowest BCUT2D eigenvalue weighted by molar-refractivity contribution is -0.149. The Labute approximate surface area is 122 Å². The molecule has 1 N–H and O–H groups in total. The zero-order valence-electron chi connectivity index (χ0n) is 11.1. The normalized spacial score (nSPS) is 26.3. The minimum Gasteiger partial charge on any atom is -0.494 e. The SMILES string of the molecule is CC1CCC(CCOc2cccc(Br)c2)(C(=O)O)C1. The highest BCUT2D eigenvalue weighted by atomic mass is 79.9. The molecule has 4 heteroatoms. The fourth-order valence-corrected chi connectivity index (χ4v) is 3.22. The molecular weight excluding hydrogens is 308 g/mol. The van der Waals surface area contributed by atoms with Crippen LogP contribution in [0.15, 0.2) is 28.7 Å². The van der Waals surface area contributed by atoms with Gasteiger partial charge in [0.05, 0.1) is 12.0 Å². The Balaban J connectivity index is 1.92. The summed E-state index contributed by atoms with van der Waals surface area (Å²) in [6, 6.07) is 7.62. The molecule has 3 nitrogen and oxygen atoms in total. The van der Waals surface area contributed by atoms with Crippen LogP contribution in [0.25, 0.3) is 0 Å². The Morgan fingerprint density at radius 2 is 2.37 bits per heavy atom. The fraction of sp³-hybridized carbons (Fsp3) is 0.533. The molecule has 19 heavy (non-hydrogen) atoms. The quantitative estimate of drug-likeness (QED) is 0.885. The van der Waals surface area contributed by atoms with Gasteiger partial charge in [0.2, 0.25) is 0 Å². The maximum Gasteiger partial charge on any atom is 0.309 e. The Morgan fingerprint density at radius 3 is 2.95 bits per heavy atom. The van der Waals surface area contributed by atoms with E-state index >= 15 is 0 Å². The molecule has 104 valence electrons. The van der Waals surface area contributed by atoms with Crippen LogP contribution in [-0.4, -0.2) is 17.7 Å². The number of hydrogen-bond donors (Lipinski definition) is 1. The molecule has 0 aliphatic heterocycles. The second kappa shape index (κ2) is 5.95. The van der Waals surface area contributed by atoms with E-state index < -0.39 is 11.4 Å². The summed E-state index contributed by atoms with van der Waals surface area (Å²) in [6.07, 6.45) is 3.12. The molecule has 1 saturated carbocycles. The van der Waals surface area contributed by atoms with E-state index in [1.807, 2.05) is 24.3 Å². The molecule has 0 spiro atoms. The van der Waals surface area contributed by atoms with Gasteiger partial charge in [-0.05, 0) is 49.8 Å². The van der Waals surface area contributed by atoms with Crippen LogP contribution in [0, 0.1) is 11.3 Å². The molecule has 2 rings (SSSR count). The first-order valence-electron chi connectivity index (χ1n) is 6.64. The van der Waals surface area contributed by atoms with Crippen molar-refractivity contribution >= 4 is 21.9 Å². The lowest BCUT2D eigenvalue weighted by Gasteiger charge is -2.24. The average Bonchev–Trinajstić information content (AvgIpc) is 2.72. The van der Waals surface area contributed by atoms with Crippen LogP contribution in [-0.2, 0) is 4.79 Å². The molecule has 1 aromatic rings. The van der Waals surface area contributed by atoms with Crippen molar-refractivity contribution in [1.29, 1.82) is 0 Å². The second-order valence-electron chi connectivity index (χ2n) is 5.49. The van der Waals surface area contributed by atoms with Crippen LogP contribution in [0.4, 0.5) is 0 Å². The monoisotopic (exact) mass is 326 g/mol. The summed E-state index contributed by atoms with van der Waals surface area (Å²) in [5, 5.41) is 9.46. The minimum atomic E-state index is -0.672. The van der Waals surface area contributed by atoms with Crippen molar-refractivity contribution in [2.75, 3.05) is 6.61 Å². The number of carboxylic acids is 1. The van der Waals surface area contributed by atoms with Crippen LogP contribution < -0.4 is 4.74 Å². The van der Waals surface area contributed by atoms with Gasteiger partial charge >= 0.3 is 5.97 Å². The summed E-state index contributed by atoms with van der Waals surface area (Å²) in [5.74, 6) is 0.609. The maximum absolute atomic E-state index is 11.5. The molecule has 0 heterocycles. The van der Waals surface area contributed by atoms with Crippen LogP contribution in [0.2, 0.25) is 0 Å². The zero-order chi connectivity index (χ0) is 13.9.